The zero-order valence-electron chi connectivity index (χ0n) is 23.9. The van der Waals surface area contributed by atoms with Crippen molar-refractivity contribution in [2.75, 3.05) is 13.1 Å². The summed E-state index contributed by atoms with van der Waals surface area (Å²) in [4.78, 5) is 50.0. The molecule has 1 rings (SSSR count). The molecule has 0 saturated carbocycles. The van der Waals surface area contributed by atoms with E-state index >= 15 is 0 Å². The number of carbonyl (C=O) groups excluding carboxylic acids is 4. The summed E-state index contributed by atoms with van der Waals surface area (Å²) in [5, 5.41) is 13.9. The Morgan fingerprint density at radius 2 is 1.61 bits per heavy atom. The van der Waals surface area contributed by atoms with Crippen LogP contribution < -0.4 is 26.6 Å². The lowest BCUT2D eigenvalue weighted by Gasteiger charge is -2.25. The number of urea groups is 1. The van der Waals surface area contributed by atoms with Gasteiger partial charge in [-0.3, -0.25) is 14.4 Å². The Kier molecular flexibility index (Phi) is 17.6. The van der Waals surface area contributed by atoms with E-state index in [2.05, 4.69) is 33.5 Å². The normalized spacial score (nSPS) is 20.8. The predicted octanol–water partition coefficient (Wildman–Crippen LogP) is 3.85. The molecule has 0 radical (unpaired) electrons. The van der Waals surface area contributed by atoms with Gasteiger partial charge in [-0.25, -0.2) is 4.79 Å². The number of hydrogen-bond acceptors (Lipinski definition) is 4. The van der Waals surface area contributed by atoms with E-state index < -0.39 is 24.0 Å². The van der Waals surface area contributed by atoms with Crippen molar-refractivity contribution in [3.63, 3.8) is 0 Å². The lowest BCUT2D eigenvalue weighted by Crippen LogP contribution is -2.56. The fourth-order valence-corrected chi connectivity index (χ4v) is 4.15. The molecule has 0 aromatic carbocycles. The van der Waals surface area contributed by atoms with Crippen LogP contribution in [-0.4, -0.2) is 55.0 Å². The standard InChI is InChI=1S/C29H51N5O4/c1-5-6-7-8-9-10-11-12-13-15-21-31-29(38)34-26(22(2)3)28(37)33-24-17-14-16-20-30-25(35)19-18-23(4)32-27(24)36/h14,17-19,22-24,26H,5-13,15-16,20-21H2,1-4H3,(H,30,35)(H,32,36)(H,33,37)(H2,31,34,38)/b17-14+,19-18+/t23-,24-,26?/m0/s1. The highest BCUT2D eigenvalue weighted by Gasteiger charge is 2.28. The summed E-state index contributed by atoms with van der Waals surface area (Å²) in [5.74, 6) is -1.21. The first-order valence-electron chi connectivity index (χ1n) is 14.5. The lowest BCUT2D eigenvalue weighted by molar-refractivity contribution is -0.129. The van der Waals surface area contributed by atoms with Crippen LogP contribution in [0.15, 0.2) is 24.3 Å². The van der Waals surface area contributed by atoms with Crippen molar-refractivity contribution >= 4 is 23.8 Å². The van der Waals surface area contributed by atoms with Crippen LogP contribution in [0.5, 0.6) is 0 Å². The number of carbonyl (C=O) groups is 4. The van der Waals surface area contributed by atoms with Crippen LogP contribution in [0.4, 0.5) is 4.79 Å². The SMILES string of the molecule is CCCCCCCCCCCCNC(=O)NC(C(=O)N[C@H]1/C=C/CCNC(=O)/C=C/[C@H](C)NC1=O)C(C)C. The van der Waals surface area contributed by atoms with Crippen LogP contribution >= 0.6 is 0 Å². The number of nitrogens with one attached hydrogen (secondary N) is 5. The topological polar surface area (TPSA) is 128 Å². The van der Waals surface area contributed by atoms with Crippen LogP contribution in [0.25, 0.3) is 0 Å². The summed E-state index contributed by atoms with van der Waals surface area (Å²) >= 11 is 0. The van der Waals surface area contributed by atoms with Gasteiger partial charge in [0.15, 0.2) is 0 Å². The molecule has 1 unspecified atom stereocenters. The van der Waals surface area contributed by atoms with Gasteiger partial charge in [0.05, 0.1) is 0 Å². The van der Waals surface area contributed by atoms with E-state index in [9.17, 15) is 19.2 Å². The summed E-state index contributed by atoms with van der Waals surface area (Å²) < 4.78 is 0. The van der Waals surface area contributed by atoms with Gasteiger partial charge in [-0.15, -0.1) is 0 Å². The maximum Gasteiger partial charge on any atom is 0.315 e. The molecule has 5 N–H and O–H groups in total. The van der Waals surface area contributed by atoms with Gasteiger partial charge in [0, 0.05) is 25.2 Å². The highest BCUT2D eigenvalue weighted by Crippen LogP contribution is 2.10. The fraction of sp³-hybridized carbons (Fsp3) is 0.724. The molecule has 0 aliphatic carbocycles. The Balaban J connectivity index is 2.48. The third-order valence-electron chi connectivity index (χ3n) is 6.48. The maximum absolute atomic E-state index is 13.1. The highest BCUT2D eigenvalue weighted by atomic mass is 16.2. The van der Waals surface area contributed by atoms with Crippen molar-refractivity contribution in [1.82, 2.24) is 26.6 Å². The van der Waals surface area contributed by atoms with E-state index in [1.165, 1.54) is 57.4 Å². The molecule has 1 heterocycles. The van der Waals surface area contributed by atoms with Crippen molar-refractivity contribution in [1.29, 1.82) is 0 Å². The first kappa shape index (κ1) is 33.2. The highest BCUT2D eigenvalue weighted by molar-refractivity contribution is 5.93. The summed E-state index contributed by atoms with van der Waals surface area (Å²) in [6.07, 6.45) is 19.1. The largest absolute Gasteiger partial charge is 0.352 e. The Labute approximate surface area is 229 Å². The summed E-state index contributed by atoms with van der Waals surface area (Å²) in [7, 11) is 0. The van der Waals surface area contributed by atoms with E-state index in [0.29, 0.717) is 19.5 Å². The van der Waals surface area contributed by atoms with Gasteiger partial charge < -0.3 is 26.6 Å². The first-order chi connectivity index (χ1) is 18.2. The van der Waals surface area contributed by atoms with E-state index in [1.54, 1.807) is 25.2 Å². The van der Waals surface area contributed by atoms with Crippen LogP contribution in [0.2, 0.25) is 0 Å². The van der Waals surface area contributed by atoms with Gasteiger partial charge in [-0.05, 0) is 25.7 Å². The van der Waals surface area contributed by atoms with Crippen molar-refractivity contribution in [3.05, 3.63) is 24.3 Å². The predicted molar refractivity (Wildman–Crippen MR) is 152 cm³/mol. The molecule has 216 valence electrons. The van der Waals surface area contributed by atoms with E-state index in [0.717, 1.165) is 12.8 Å². The molecule has 0 spiro atoms. The van der Waals surface area contributed by atoms with Crippen molar-refractivity contribution in [2.45, 2.75) is 116 Å². The third kappa shape index (κ3) is 15.4. The molecule has 9 nitrogen and oxygen atoms in total. The van der Waals surface area contributed by atoms with Crippen molar-refractivity contribution < 1.29 is 19.2 Å². The van der Waals surface area contributed by atoms with Gasteiger partial charge in [-0.1, -0.05) is 96.8 Å². The number of amides is 5. The molecule has 0 saturated heterocycles. The minimum atomic E-state index is -0.897. The molecular weight excluding hydrogens is 482 g/mol. The molecular formula is C29H51N5O4. The second kappa shape index (κ2) is 20.2. The fourth-order valence-electron chi connectivity index (χ4n) is 4.15. The number of unbranched alkanes of at least 4 members (excludes halogenated alkanes) is 9. The summed E-state index contributed by atoms with van der Waals surface area (Å²) in [5.41, 5.74) is 0. The molecule has 0 aromatic heterocycles. The lowest BCUT2D eigenvalue weighted by atomic mass is 10.0. The minimum Gasteiger partial charge on any atom is -0.352 e. The second-order valence-electron chi connectivity index (χ2n) is 10.5. The molecule has 0 fully saturated rings. The molecule has 38 heavy (non-hydrogen) atoms. The monoisotopic (exact) mass is 533 g/mol. The average Bonchev–Trinajstić information content (AvgIpc) is 2.87. The molecule has 1 aliphatic rings. The maximum atomic E-state index is 13.1. The Hall–Kier alpha value is -2.84. The first-order valence-corrected chi connectivity index (χ1v) is 14.5. The van der Waals surface area contributed by atoms with Crippen LogP contribution in [0, 0.1) is 5.92 Å². The van der Waals surface area contributed by atoms with E-state index in [4.69, 9.17) is 0 Å². The zero-order valence-corrected chi connectivity index (χ0v) is 23.9. The molecule has 5 amide bonds. The Morgan fingerprint density at radius 3 is 2.24 bits per heavy atom. The van der Waals surface area contributed by atoms with E-state index in [-0.39, 0.29) is 23.8 Å². The van der Waals surface area contributed by atoms with Gasteiger partial charge in [-0.2, -0.15) is 0 Å². The zero-order chi connectivity index (χ0) is 28.2. The molecule has 0 bridgehead atoms. The van der Waals surface area contributed by atoms with Gasteiger partial charge in [0.2, 0.25) is 17.7 Å². The molecule has 9 heteroatoms. The van der Waals surface area contributed by atoms with Crippen molar-refractivity contribution in [2.24, 2.45) is 5.92 Å². The molecule has 1 aliphatic heterocycles. The Bertz CT molecular complexity index is 781. The van der Waals surface area contributed by atoms with Crippen LogP contribution in [0.3, 0.4) is 0 Å². The number of rotatable bonds is 15. The van der Waals surface area contributed by atoms with Gasteiger partial charge in [0.1, 0.15) is 12.1 Å². The van der Waals surface area contributed by atoms with Crippen molar-refractivity contribution in [3.8, 4) is 0 Å². The summed E-state index contributed by atoms with van der Waals surface area (Å²) in [6.45, 7) is 8.65. The average molecular weight is 534 g/mol. The third-order valence-corrected chi connectivity index (χ3v) is 6.48. The van der Waals surface area contributed by atoms with Crippen LogP contribution in [0.1, 0.15) is 98.3 Å². The number of hydrogen-bond donors (Lipinski definition) is 5. The van der Waals surface area contributed by atoms with E-state index in [1.807, 2.05) is 13.8 Å². The quantitative estimate of drug-likeness (QED) is 0.162. The molecule has 3 atom stereocenters. The Morgan fingerprint density at radius 1 is 0.974 bits per heavy atom. The smallest absolute Gasteiger partial charge is 0.315 e. The minimum absolute atomic E-state index is 0.173. The molecule has 0 aromatic rings. The summed E-state index contributed by atoms with van der Waals surface area (Å²) in [6, 6.07) is -2.47. The van der Waals surface area contributed by atoms with Gasteiger partial charge >= 0.3 is 6.03 Å². The van der Waals surface area contributed by atoms with Crippen LogP contribution in [-0.2, 0) is 14.4 Å². The van der Waals surface area contributed by atoms with Gasteiger partial charge in [0.25, 0.3) is 0 Å². The second-order valence-corrected chi connectivity index (χ2v) is 10.5.